The molecule has 0 atom stereocenters. The molecule has 3 heterocycles. The lowest BCUT2D eigenvalue weighted by Gasteiger charge is -2.09. The first-order chi connectivity index (χ1) is 13.1. The minimum atomic E-state index is 0.636. The first kappa shape index (κ1) is 16.2. The van der Waals surface area contributed by atoms with Crippen LogP contribution in [0.1, 0.15) is 25.0 Å². The quantitative estimate of drug-likeness (QED) is 0.318. The van der Waals surface area contributed by atoms with E-state index in [2.05, 4.69) is 85.3 Å². The highest BCUT2D eigenvalue weighted by molar-refractivity contribution is 6.11. The van der Waals surface area contributed by atoms with Gasteiger partial charge in [-0.2, -0.15) is 4.40 Å². The van der Waals surface area contributed by atoms with E-state index in [1.54, 1.807) is 0 Å². The topological polar surface area (TPSA) is 21.2 Å². The van der Waals surface area contributed by atoms with E-state index >= 15 is 0 Å². The Labute approximate surface area is 158 Å². The Morgan fingerprint density at radius 3 is 2.67 bits per heavy atom. The molecule has 0 radical (unpaired) electrons. The van der Waals surface area contributed by atoms with Gasteiger partial charge in [-0.3, -0.25) is 4.98 Å². The summed E-state index contributed by atoms with van der Waals surface area (Å²) in [6.45, 7) is 6.73. The van der Waals surface area contributed by atoms with Gasteiger partial charge in [-0.1, -0.05) is 32.0 Å². The lowest BCUT2D eigenvalue weighted by atomic mass is 9.99. The highest BCUT2D eigenvalue weighted by Crippen LogP contribution is 2.32. The van der Waals surface area contributed by atoms with Crippen molar-refractivity contribution in [2.75, 3.05) is 0 Å². The van der Waals surface area contributed by atoms with Crippen LogP contribution >= 0.6 is 0 Å². The number of imidazole rings is 1. The Hall–Kier alpha value is -2.94. The van der Waals surface area contributed by atoms with Gasteiger partial charge in [0.2, 0.25) is 0 Å². The van der Waals surface area contributed by atoms with Crippen LogP contribution in [0, 0.1) is 12.8 Å². The van der Waals surface area contributed by atoms with Gasteiger partial charge in [0.05, 0.1) is 18.0 Å². The van der Waals surface area contributed by atoms with E-state index in [9.17, 15) is 0 Å². The van der Waals surface area contributed by atoms with Crippen molar-refractivity contribution in [3.05, 3.63) is 65.9 Å². The van der Waals surface area contributed by atoms with E-state index in [0.717, 1.165) is 11.9 Å². The lowest BCUT2D eigenvalue weighted by molar-refractivity contribution is -0.617. The molecule has 5 rings (SSSR count). The molecule has 0 saturated carbocycles. The summed E-state index contributed by atoms with van der Waals surface area (Å²) >= 11 is 0. The number of benzene rings is 2. The number of hydrogen-bond donors (Lipinski definition) is 0. The predicted octanol–water partition coefficient (Wildman–Crippen LogP) is 5.13. The maximum atomic E-state index is 4.83. The van der Waals surface area contributed by atoms with E-state index in [0.29, 0.717) is 5.92 Å². The van der Waals surface area contributed by atoms with Crippen molar-refractivity contribution < 1.29 is 4.57 Å². The standard InChI is InChI=1S/C24H24N3/c1-15(2)13-17-9-10-19-18(14-17)23-22(16(3)11-12-25-23)24-26(4)20-7-5-6-8-21(20)27(19)24/h5-12,14-15H,13H2,1-4H3/q+1. The van der Waals surface area contributed by atoms with Crippen LogP contribution in [0.15, 0.2) is 54.7 Å². The molecule has 5 aromatic rings. The van der Waals surface area contributed by atoms with Crippen LogP contribution in [0.25, 0.3) is 38.5 Å². The molecule has 0 spiro atoms. The first-order valence-electron chi connectivity index (χ1n) is 9.65. The van der Waals surface area contributed by atoms with Crippen LogP contribution < -0.4 is 4.57 Å². The second-order valence-corrected chi connectivity index (χ2v) is 8.01. The summed E-state index contributed by atoms with van der Waals surface area (Å²) in [6.07, 6.45) is 3.02. The SMILES string of the molecule is Cc1ccnc2c3cc(CC(C)C)ccc3n3c4ccccc4[n+](C)c3c12. The number of fused-ring (bicyclic) bond motifs is 8. The Kier molecular flexibility index (Phi) is 3.48. The first-order valence-corrected chi connectivity index (χ1v) is 9.65. The van der Waals surface area contributed by atoms with Gasteiger partial charge in [-0.05, 0) is 60.7 Å². The molecule has 0 unspecified atom stereocenters. The molecule has 2 aromatic carbocycles. The van der Waals surface area contributed by atoms with Crippen LogP contribution in [0.5, 0.6) is 0 Å². The molecular weight excluding hydrogens is 330 g/mol. The zero-order chi connectivity index (χ0) is 18.7. The fourth-order valence-corrected chi connectivity index (χ4v) is 4.45. The second kappa shape index (κ2) is 5.78. The smallest absolute Gasteiger partial charge is 0.255 e. The summed E-state index contributed by atoms with van der Waals surface area (Å²) < 4.78 is 4.70. The highest BCUT2D eigenvalue weighted by Gasteiger charge is 2.24. The molecule has 0 aliphatic rings. The molecule has 27 heavy (non-hydrogen) atoms. The summed E-state index contributed by atoms with van der Waals surface area (Å²) in [5.41, 5.74) is 8.65. The molecule has 0 fully saturated rings. The number of hydrogen-bond acceptors (Lipinski definition) is 1. The summed E-state index contributed by atoms with van der Waals surface area (Å²) in [6, 6.07) is 17.6. The van der Waals surface area contributed by atoms with Crippen molar-refractivity contribution >= 4 is 38.5 Å². The Morgan fingerprint density at radius 1 is 1.04 bits per heavy atom. The van der Waals surface area contributed by atoms with Gasteiger partial charge >= 0.3 is 0 Å². The average molecular weight is 354 g/mol. The van der Waals surface area contributed by atoms with Crippen molar-refractivity contribution in [3.8, 4) is 0 Å². The normalized spacial score (nSPS) is 12.2. The van der Waals surface area contributed by atoms with Crippen molar-refractivity contribution in [3.63, 3.8) is 0 Å². The molecule has 0 bridgehead atoms. The number of pyridine rings is 2. The van der Waals surface area contributed by atoms with E-state index in [1.807, 2.05) is 6.20 Å². The van der Waals surface area contributed by atoms with Gasteiger partial charge in [-0.15, -0.1) is 0 Å². The fourth-order valence-electron chi connectivity index (χ4n) is 4.45. The second-order valence-electron chi connectivity index (χ2n) is 8.01. The Morgan fingerprint density at radius 2 is 1.85 bits per heavy atom. The average Bonchev–Trinajstić information content (AvgIpc) is 2.95. The largest absolute Gasteiger partial charge is 0.297 e. The number of aromatic nitrogens is 3. The van der Waals surface area contributed by atoms with Gasteiger partial charge in [0.15, 0.2) is 11.0 Å². The molecule has 0 N–H and O–H groups in total. The van der Waals surface area contributed by atoms with Crippen molar-refractivity contribution in [2.45, 2.75) is 27.2 Å². The maximum absolute atomic E-state index is 4.83. The summed E-state index contributed by atoms with van der Waals surface area (Å²) in [7, 11) is 2.16. The van der Waals surface area contributed by atoms with E-state index < -0.39 is 0 Å². The monoisotopic (exact) mass is 354 g/mol. The van der Waals surface area contributed by atoms with Gasteiger partial charge in [0.1, 0.15) is 5.52 Å². The number of para-hydroxylation sites is 2. The van der Waals surface area contributed by atoms with Crippen LogP contribution in [0.2, 0.25) is 0 Å². The van der Waals surface area contributed by atoms with Crippen LogP contribution in [0.4, 0.5) is 0 Å². The zero-order valence-electron chi connectivity index (χ0n) is 16.3. The highest BCUT2D eigenvalue weighted by atomic mass is 15.1. The minimum absolute atomic E-state index is 0.636. The van der Waals surface area contributed by atoms with Crippen LogP contribution in [-0.2, 0) is 13.5 Å². The molecule has 3 nitrogen and oxygen atoms in total. The van der Waals surface area contributed by atoms with Crippen molar-refractivity contribution in [1.82, 2.24) is 9.38 Å². The van der Waals surface area contributed by atoms with Gasteiger partial charge in [0, 0.05) is 11.6 Å². The molecule has 0 aliphatic heterocycles. The minimum Gasteiger partial charge on any atom is -0.255 e. The van der Waals surface area contributed by atoms with Gasteiger partial charge < -0.3 is 0 Å². The van der Waals surface area contributed by atoms with Crippen LogP contribution in [0.3, 0.4) is 0 Å². The molecule has 3 heteroatoms. The molecule has 3 aromatic heterocycles. The molecule has 0 saturated heterocycles. The fraction of sp³-hybridized carbons (Fsp3) is 0.250. The van der Waals surface area contributed by atoms with Crippen LogP contribution in [-0.4, -0.2) is 9.38 Å². The summed E-state index contributed by atoms with van der Waals surface area (Å²) in [5, 5.41) is 2.48. The predicted molar refractivity (Wildman–Crippen MR) is 112 cm³/mol. The third kappa shape index (κ3) is 2.27. The Bertz CT molecular complexity index is 1340. The summed E-state index contributed by atoms with van der Waals surface area (Å²) in [5.74, 6) is 0.636. The van der Waals surface area contributed by atoms with Crippen molar-refractivity contribution in [2.24, 2.45) is 13.0 Å². The zero-order valence-corrected chi connectivity index (χ0v) is 16.3. The Balaban J connectivity index is 2.09. The van der Waals surface area contributed by atoms with E-state index in [4.69, 9.17) is 4.98 Å². The number of aryl methyl sites for hydroxylation is 2. The van der Waals surface area contributed by atoms with Crippen molar-refractivity contribution in [1.29, 1.82) is 0 Å². The molecule has 134 valence electrons. The molecule has 0 aliphatic carbocycles. The van der Waals surface area contributed by atoms with E-state index in [-0.39, 0.29) is 0 Å². The maximum Gasteiger partial charge on any atom is 0.297 e. The third-order valence-corrected chi connectivity index (χ3v) is 5.60. The number of rotatable bonds is 2. The summed E-state index contributed by atoms with van der Waals surface area (Å²) in [4.78, 5) is 4.83. The number of nitrogens with zero attached hydrogens (tertiary/aromatic N) is 3. The third-order valence-electron chi connectivity index (χ3n) is 5.60. The van der Waals surface area contributed by atoms with Gasteiger partial charge in [0.25, 0.3) is 5.65 Å². The molecular formula is C24H24N3+. The molecule has 0 amide bonds. The lowest BCUT2D eigenvalue weighted by Crippen LogP contribution is -2.27. The van der Waals surface area contributed by atoms with E-state index in [1.165, 1.54) is 44.1 Å². The van der Waals surface area contributed by atoms with Gasteiger partial charge in [-0.25, -0.2) is 4.57 Å².